The number of carbonyl (C=O) groups excluding carboxylic acids is 1. The van der Waals surface area contributed by atoms with Crippen molar-refractivity contribution in [1.29, 1.82) is 0 Å². The number of ketones is 1. The zero-order valence-electron chi connectivity index (χ0n) is 29.9. The van der Waals surface area contributed by atoms with Crippen LogP contribution in [0.15, 0.2) is 124 Å². The minimum absolute atomic E-state index is 0. The Bertz CT molecular complexity index is 2250. The summed E-state index contributed by atoms with van der Waals surface area (Å²) in [5.41, 5.74) is 11.9. The van der Waals surface area contributed by atoms with E-state index in [1.165, 1.54) is 34.0 Å². The molecule has 0 fully saturated rings. The first-order chi connectivity index (χ1) is 24.2. The number of allylic oxidation sites excluding steroid dienone is 2. The Hall–Kier alpha value is -4.97. The molecule has 3 heterocycles. The van der Waals surface area contributed by atoms with Crippen LogP contribution in [-0.4, -0.2) is 20.4 Å². The van der Waals surface area contributed by atoms with Gasteiger partial charge in [-0.3, -0.25) is 9.78 Å². The number of aromatic nitrogens is 2. The molecule has 0 aliphatic carbocycles. The number of aliphatic hydroxyl groups is 1. The van der Waals surface area contributed by atoms with Gasteiger partial charge in [0.05, 0.1) is 35.1 Å². The van der Waals surface area contributed by atoms with Gasteiger partial charge in [0.15, 0.2) is 5.78 Å². The second-order valence-electron chi connectivity index (χ2n) is 13.0. The molecule has 7 rings (SSSR count). The number of hydrogen-bond acceptors (Lipinski definition) is 5. The van der Waals surface area contributed by atoms with Crippen LogP contribution in [0.3, 0.4) is 0 Å². The number of rotatable bonds is 9. The third kappa shape index (κ3) is 7.85. The molecule has 0 aliphatic rings. The van der Waals surface area contributed by atoms with Crippen molar-refractivity contribution in [3.8, 4) is 39.3 Å². The van der Waals surface area contributed by atoms with E-state index in [0.717, 1.165) is 44.5 Å². The van der Waals surface area contributed by atoms with Crippen molar-refractivity contribution in [2.75, 3.05) is 0 Å². The predicted molar refractivity (Wildman–Crippen MR) is 203 cm³/mol. The number of para-hydroxylation sites is 2. The molecule has 7 aromatic rings. The van der Waals surface area contributed by atoms with E-state index in [1.807, 2.05) is 24.3 Å². The summed E-state index contributed by atoms with van der Waals surface area (Å²) in [6, 6.07) is 31.9. The van der Waals surface area contributed by atoms with Crippen LogP contribution in [0.25, 0.3) is 61.3 Å². The molecule has 7 heteroatoms. The van der Waals surface area contributed by atoms with Crippen LogP contribution < -0.4 is 0 Å². The molecule has 0 spiro atoms. The zero-order valence-corrected chi connectivity index (χ0v) is 32.3. The predicted octanol–water partition coefficient (Wildman–Crippen LogP) is 12.2. The summed E-state index contributed by atoms with van der Waals surface area (Å²) in [5, 5.41) is 9.77. The van der Waals surface area contributed by atoms with Gasteiger partial charge < -0.3 is 18.5 Å². The van der Waals surface area contributed by atoms with Crippen LogP contribution >= 0.6 is 0 Å². The standard InChI is InChI=1S/C37H31N2O2.C7H12O2.Ir/c1-23(2)29-19-28(25-10-6-5-7-11-25)20-30(24(3)4)36(29)39-34-13-9-8-12-33(34)38-37(39)32-22-41-35-15-14-26(18-31(32)35)27-16-17-40-21-27;1-3-6(8)5-7(9)4-2;/h5-21,23-24H,1-4H3;5,8H,3-4H2,1-2H3;/q-1;;/b;6-5-;. The van der Waals surface area contributed by atoms with E-state index in [0.29, 0.717) is 12.8 Å². The normalized spacial score (nSPS) is 11.6. The minimum atomic E-state index is -0.0191. The molecule has 0 atom stereocenters. The summed E-state index contributed by atoms with van der Waals surface area (Å²) in [6.45, 7) is 12.6. The fourth-order valence-electron chi connectivity index (χ4n) is 6.18. The average molecular weight is 856 g/mol. The van der Waals surface area contributed by atoms with Crippen LogP contribution in [0, 0.1) is 6.26 Å². The number of furan rings is 2. The smallest absolute Gasteiger partial charge is 0.158 e. The van der Waals surface area contributed by atoms with Crippen molar-refractivity contribution in [3.05, 3.63) is 133 Å². The third-order valence-electron chi connectivity index (χ3n) is 8.93. The van der Waals surface area contributed by atoms with E-state index in [-0.39, 0.29) is 43.5 Å². The summed E-state index contributed by atoms with van der Waals surface area (Å²) in [4.78, 5) is 15.8. The molecule has 4 aromatic carbocycles. The largest absolute Gasteiger partial charge is 0.557 e. The monoisotopic (exact) mass is 856 g/mol. The zero-order chi connectivity index (χ0) is 35.4. The molecule has 0 amide bonds. The van der Waals surface area contributed by atoms with E-state index in [1.54, 1.807) is 26.4 Å². The summed E-state index contributed by atoms with van der Waals surface area (Å²) in [5.74, 6) is 1.55. The first-order valence-electron chi connectivity index (χ1n) is 17.3. The van der Waals surface area contributed by atoms with Crippen molar-refractivity contribution in [2.24, 2.45) is 0 Å². The fourth-order valence-corrected chi connectivity index (χ4v) is 6.18. The Morgan fingerprint density at radius 2 is 1.51 bits per heavy atom. The van der Waals surface area contributed by atoms with Crippen molar-refractivity contribution in [1.82, 2.24) is 9.55 Å². The van der Waals surface area contributed by atoms with Gasteiger partial charge in [-0.05, 0) is 70.0 Å². The van der Waals surface area contributed by atoms with Crippen LogP contribution in [-0.2, 0) is 24.9 Å². The molecule has 0 saturated carbocycles. The first-order valence-corrected chi connectivity index (χ1v) is 17.3. The Labute approximate surface area is 313 Å². The number of hydrogen-bond donors (Lipinski definition) is 1. The number of benzene rings is 4. The van der Waals surface area contributed by atoms with Gasteiger partial charge in [-0.2, -0.15) is 0 Å². The molecule has 3 aromatic heterocycles. The molecular formula is C44H43IrN2O4-. The van der Waals surface area contributed by atoms with Gasteiger partial charge in [0, 0.05) is 62.1 Å². The van der Waals surface area contributed by atoms with Crippen molar-refractivity contribution < 1.29 is 38.8 Å². The molecule has 263 valence electrons. The van der Waals surface area contributed by atoms with Gasteiger partial charge in [-0.15, -0.1) is 0 Å². The third-order valence-corrected chi connectivity index (χ3v) is 8.93. The molecular weight excluding hydrogens is 813 g/mol. The second kappa shape index (κ2) is 16.4. The van der Waals surface area contributed by atoms with Crippen LogP contribution in [0.1, 0.15) is 77.3 Å². The maximum atomic E-state index is 10.5. The minimum Gasteiger partial charge on any atom is -0.557 e. The van der Waals surface area contributed by atoms with Gasteiger partial charge in [-0.1, -0.05) is 113 Å². The van der Waals surface area contributed by atoms with Gasteiger partial charge >= 0.3 is 0 Å². The summed E-state index contributed by atoms with van der Waals surface area (Å²) in [7, 11) is 0. The van der Waals surface area contributed by atoms with Gasteiger partial charge in [-0.25, -0.2) is 0 Å². The molecule has 0 saturated heterocycles. The first kappa shape index (κ1) is 37.3. The van der Waals surface area contributed by atoms with E-state index in [9.17, 15) is 4.79 Å². The molecule has 6 nitrogen and oxygen atoms in total. The molecule has 0 aliphatic heterocycles. The Morgan fingerprint density at radius 3 is 2.14 bits per heavy atom. The maximum Gasteiger partial charge on any atom is 0.158 e. The van der Waals surface area contributed by atoms with E-state index in [4.69, 9.17) is 18.9 Å². The maximum absolute atomic E-state index is 10.5. The SMILES string of the molecule is CC(C)c1cc(-c2ccccc2)cc(C(C)C)c1-n1c(-c2[c-]oc3ccc(-c4ccoc4)cc23)nc2ccccc21.CCC(=O)/C=C(\O)CC.[Ir]. The second-order valence-corrected chi connectivity index (χ2v) is 13.0. The van der Waals surface area contributed by atoms with Crippen LogP contribution in [0.2, 0.25) is 0 Å². The van der Waals surface area contributed by atoms with Crippen molar-refractivity contribution in [3.63, 3.8) is 0 Å². The number of carbonyl (C=O) groups is 1. The number of fused-ring (bicyclic) bond motifs is 2. The fraction of sp³-hybridized carbons (Fsp3) is 0.227. The Morgan fingerprint density at radius 1 is 0.824 bits per heavy atom. The Balaban J connectivity index is 0.000000448. The average Bonchev–Trinajstić information content (AvgIpc) is 3.90. The van der Waals surface area contributed by atoms with Crippen LogP contribution in [0.4, 0.5) is 0 Å². The van der Waals surface area contributed by atoms with Crippen molar-refractivity contribution in [2.45, 2.75) is 66.2 Å². The quantitative estimate of drug-likeness (QED) is 0.0888. The summed E-state index contributed by atoms with van der Waals surface area (Å²) >= 11 is 0. The Kier molecular flexibility index (Phi) is 12.0. The van der Waals surface area contributed by atoms with E-state index >= 15 is 0 Å². The number of aliphatic hydroxyl groups excluding tert-OH is 1. The summed E-state index contributed by atoms with van der Waals surface area (Å²) in [6.07, 6.45) is 8.96. The topological polar surface area (TPSA) is 81.4 Å². The van der Waals surface area contributed by atoms with Gasteiger partial charge in [0.2, 0.25) is 0 Å². The molecule has 1 radical (unpaired) electrons. The van der Waals surface area contributed by atoms with E-state index < -0.39 is 0 Å². The van der Waals surface area contributed by atoms with E-state index in [2.05, 4.69) is 105 Å². The van der Waals surface area contributed by atoms with Crippen molar-refractivity contribution >= 4 is 27.8 Å². The van der Waals surface area contributed by atoms with Gasteiger partial charge in [0.25, 0.3) is 0 Å². The molecule has 0 unspecified atom stereocenters. The molecule has 1 N–H and O–H groups in total. The number of imidazole rings is 1. The molecule has 51 heavy (non-hydrogen) atoms. The van der Waals surface area contributed by atoms with Gasteiger partial charge in [0.1, 0.15) is 0 Å². The van der Waals surface area contributed by atoms with Crippen LogP contribution in [0.5, 0.6) is 0 Å². The number of nitrogens with zero attached hydrogens (tertiary/aromatic N) is 2. The molecule has 0 bridgehead atoms. The summed E-state index contributed by atoms with van der Waals surface area (Å²) < 4.78 is 13.7.